The lowest BCUT2D eigenvalue weighted by atomic mass is 10.1. The van der Waals surface area contributed by atoms with Gasteiger partial charge in [0.25, 0.3) is 5.91 Å². The molecule has 0 atom stereocenters. The van der Waals surface area contributed by atoms with E-state index in [-0.39, 0.29) is 5.91 Å². The predicted octanol–water partition coefficient (Wildman–Crippen LogP) is 3.75. The third-order valence-corrected chi connectivity index (χ3v) is 3.54. The number of nitrogens with one attached hydrogen (secondary N) is 1. The third kappa shape index (κ3) is 4.56. The van der Waals surface area contributed by atoms with Gasteiger partial charge in [-0.15, -0.1) is 0 Å². The summed E-state index contributed by atoms with van der Waals surface area (Å²) in [5.41, 5.74) is 0.975. The van der Waals surface area contributed by atoms with E-state index in [0.717, 1.165) is 6.42 Å². The molecule has 0 aromatic heterocycles. The van der Waals surface area contributed by atoms with Crippen molar-refractivity contribution < 1.29 is 23.7 Å². The Morgan fingerprint density at radius 2 is 1.64 bits per heavy atom. The largest absolute Gasteiger partial charge is 0.497 e. The van der Waals surface area contributed by atoms with Gasteiger partial charge in [-0.05, 0) is 36.8 Å². The molecule has 0 saturated carbocycles. The summed E-state index contributed by atoms with van der Waals surface area (Å²) < 4.78 is 21.4. The van der Waals surface area contributed by atoms with Gasteiger partial charge in [-0.1, -0.05) is 6.92 Å². The number of methoxy groups -OCH3 is 3. The van der Waals surface area contributed by atoms with E-state index in [1.165, 1.54) is 0 Å². The molecule has 134 valence electrons. The molecule has 1 amide bonds. The molecule has 0 saturated heterocycles. The van der Waals surface area contributed by atoms with E-state index in [1.54, 1.807) is 57.7 Å². The second-order valence-corrected chi connectivity index (χ2v) is 5.23. The van der Waals surface area contributed by atoms with Crippen molar-refractivity contribution >= 4 is 11.6 Å². The van der Waals surface area contributed by atoms with Crippen LogP contribution in [-0.2, 0) is 0 Å². The van der Waals surface area contributed by atoms with Gasteiger partial charge < -0.3 is 24.3 Å². The van der Waals surface area contributed by atoms with E-state index in [9.17, 15) is 4.79 Å². The van der Waals surface area contributed by atoms with Crippen molar-refractivity contribution in [2.75, 3.05) is 33.3 Å². The van der Waals surface area contributed by atoms with Crippen molar-refractivity contribution in [1.82, 2.24) is 0 Å². The molecule has 6 heteroatoms. The number of carbonyl (C=O) groups is 1. The van der Waals surface area contributed by atoms with Crippen LogP contribution in [0.1, 0.15) is 23.7 Å². The maximum absolute atomic E-state index is 12.6. The molecular formula is C19H23NO5. The predicted molar refractivity (Wildman–Crippen MR) is 96.3 cm³/mol. The maximum Gasteiger partial charge on any atom is 0.255 e. The van der Waals surface area contributed by atoms with Crippen LogP contribution in [0.3, 0.4) is 0 Å². The maximum atomic E-state index is 12.6. The second kappa shape index (κ2) is 8.82. The zero-order valence-electron chi connectivity index (χ0n) is 14.9. The molecular weight excluding hydrogens is 322 g/mol. The number of amides is 1. The molecule has 6 nitrogen and oxygen atoms in total. The number of benzene rings is 2. The zero-order valence-corrected chi connectivity index (χ0v) is 14.9. The van der Waals surface area contributed by atoms with Gasteiger partial charge in [0.2, 0.25) is 0 Å². The van der Waals surface area contributed by atoms with E-state index in [2.05, 4.69) is 5.32 Å². The van der Waals surface area contributed by atoms with Crippen LogP contribution in [0.4, 0.5) is 5.69 Å². The Hall–Kier alpha value is -2.89. The minimum atomic E-state index is -0.285. The quantitative estimate of drug-likeness (QED) is 0.789. The van der Waals surface area contributed by atoms with Gasteiger partial charge in [-0.3, -0.25) is 4.79 Å². The van der Waals surface area contributed by atoms with E-state index < -0.39 is 0 Å². The van der Waals surface area contributed by atoms with Gasteiger partial charge in [0.1, 0.15) is 11.5 Å². The highest BCUT2D eigenvalue weighted by Gasteiger charge is 2.14. The fourth-order valence-electron chi connectivity index (χ4n) is 2.25. The van der Waals surface area contributed by atoms with E-state index in [1.807, 2.05) is 6.92 Å². The Labute approximate surface area is 147 Å². The van der Waals surface area contributed by atoms with Crippen molar-refractivity contribution in [3.05, 3.63) is 42.0 Å². The summed E-state index contributed by atoms with van der Waals surface area (Å²) in [5, 5.41) is 2.83. The summed E-state index contributed by atoms with van der Waals surface area (Å²) in [5.74, 6) is 2.01. The molecule has 2 aromatic rings. The van der Waals surface area contributed by atoms with Gasteiger partial charge in [0.05, 0.1) is 33.6 Å². The summed E-state index contributed by atoms with van der Waals surface area (Å²) in [6.07, 6.45) is 0.890. The minimum absolute atomic E-state index is 0.285. The van der Waals surface area contributed by atoms with Crippen molar-refractivity contribution in [2.45, 2.75) is 13.3 Å². The fourth-order valence-corrected chi connectivity index (χ4v) is 2.25. The first kappa shape index (κ1) is 18.4. The minimum Gasteiger partial charge on any atom is -0.497 e. The monoisotopic (exact) mass is 345 g/mol. The lowest BCUT2D eigenvalue weighted by Gasteiger charge is -2.13. The van der Waals surface area contributed by atoms with E-state index >= 15 is 0 Å². The Balaban J connectivity index is 2.23. The summed E-state index contributed by atoms with van der Waals surface area (Å²) in [4.78, 5) is 12.6. The SMILES string of the molecule is CCCOc1ccc(C(=O)Nc2cc(OC)ccc2OC)cc1OC. The van der Waals surface area contributed by atoms with Crippen molar-refractivity contribution in [3.8, 4) is 23.0 Å². The molecule has 2 rings (SSSR count). The van der Waals surface area contributed by atoms with Crippen LogP contribution < -0.4 is 24.3 Å². The first-order chi connectivity index (χ1) is 12.1. The molecule has 0 unspecified atom stereocenters. The van der Waals surface area contributed by atoms with Crippen LogP contribution in [0.25, 0.3) is 0 Å². The van der Waals surface area contributed by atoms with Crippen molar-refractivity contribution in [1.29, 1.82) is 0 Å². The van der Waals surface area contributed by atoms with Gasteiger partial charge >= 0.3 is 0 Å². The lowest BCUT2D eigenvalue weighted by molar-refractivity contribution is 0.102. The summed E-state index contributed by atoms with van der Waals surface area (Å²) in [7, 11) is 4.65. The number of rotatable bonds is 8. The van der Waals surface area contributed by atoms with Crippen LogP contribution in [-0.4, -0.2) is 33.8 Å². The molecule has 0 fully saturated rings. The third-order valence-electron chi connectivity index (χ3n) is 3.54. The Morgan fingerprint density at radius 1 is 0.920 bits per heavy atom. The summed E-state index contributed by atoms with van der Waals surface area (Å²) in [6, 6.07) is 10.3. The van der Waals surface area contributed by atoms with Gasteiger partial charge in [0, 0.05) is 11.6 Å². The van der Waals surface area contributed by atoms with Crippen LogP contribution in [0.2, 0.25) is 0 Å². The average Bonchev–Trinajstić information content (AvgIpc) is 2.65. The number of anilines is 1. The topological polar surface area (TPSA) is 66.0 Å². The number of carbonyl (C=O) groups excluding carboxylic acids is 1. The molecule has 0 aliphatic carbocycles. The first-order valence-electron chi connectivity index (χ1n) is 7.97. The first-order valence-corrected chi connectivity index (χ1v) is 7.97. The molecule has 25 heavy (non-hydrogen) atoms. The summed E-state index contributed by atoms with van der Waals surface area (Å²) >= 11 is 0. The molecule has 0 aliphatic rings. The average molecular weight is 345 g/mol. The Morgan fingerprint density at radius 3 is 2.28 bits per heavy atom. The Kier molecular flexibility index (Phi) is 6.51. The van der Waals surface area contributed by atoms with Crippen molar-refractivity contribution in [2.24, 2.45) is 0 Å². The van der Waals surface area contributed by atoms with Gasteiger partial charge in [-0.2, -0.15) is 0 Å². The smallest absolute Gasteiger partial charge is 0.255 e. The number of hydrogen-bond donors (Lipinski definition) is 1. The zero-order chi connectivity index (χ0) is 18.2. The highest BCUT2D eigenvalue weighted by atomic mass is 16.5. The molecule has 0 radical (unpaired) electrons. The highest BCUT2D eigenvalue weighted by Crippen LogP contribution is 2.31. The molecule has 0 bridgehead atoms. The normalized spacial score (nSPS) is 10.1. The van der Waals surface area contributed by atoms with Gasteiger partial charge in [0.15, 0.2) is 11.5 Å². The fraction of sp³-hybridized carbons (Fsp3) is 0.316. The standard InChI is InChI=1S/C19H23NO5/c1-5-10-25-17-8-6-13(11-18(17)24-4)19(21)20-15-12-14(22-2)7-9-16(15)23-3/h6-9,11-12H,5,10H2,1-4H3,(H,20,21). The number of hydrogen-bond acceptors (Lipinski definition) is 5. The van der Waals surface area contributed by atoms with Gasteiger partial charge in [-0.25, -0.2) is 0 Å². The van der Waals surface area contributed by atoms with Crippen LogP contribution in [0.15, 0.2) is 36.4 Å². The second-order valence-electron chi connectivity index (χ2n) is 5.23. The van der Waals surface area contributed by atoms with E-state index in [0.29, 0.717) is 40.9 Å². The highest BCUT2D eigenvalue weighted by molar-refractivity contribution is 6.05. The molecule has 1 N–H and O–H groups in total. The molecule has 0 spiro atoms. The van der Waals surface area contributed by atoms with Crippen LogP contribution >= 0.6 is 0 Å². The lowest BCUT2D eigenvalue weighted by Crippen LogP contribution is -2.13. The van der Waals surface area contributed by atoms with Crippen LogP contribution in [0, 0.1) is 0 Å². The summed E-state index contributed by atoms with van der Waals surface area (Å²) in [6.45, 7) is 2.61. The van der Waals surface area contributed by atoms with Crippen LogP contribution in [0.5, 0.6) is 23.0 Å². The molecule has 2 aromatic carbocycles. The molecule has 0 heterocycles. The van der Waals surface area contributed by atoms with Crippen molar-refractivity contribution in [3.63, 3.8) is 0 Å². The molecule has 0 aliphatic heterocycles. The Bertz CT molecular complexity index is 730. The van der Waals surface area contributed by atoms with E-state index in [4.69, 9.17) is 18.9 Å². The number of ether oxygens (including phenoxy) is 4.